The van der Waals surface area contributed by atoms with E-state index >= 15 is 0 Å². The molecule has 0 atom stereocenters. The van der Waals surface area contributed by atoms with E-state index in [1.165, 1.54) is 132 Å². The average Bonchev–Trinajstić information content (AvgIpc) is 2.87. The molecule has 2 rings (SSSR count). The van der Waals surface area contributed by atoms with Gasteiger partial charge in [-0.05, 0) is 36.7 Å². The second kappa shape index (κ2) is 19.7. The highest BCUT2D eigenvalue weighted by molar-refractivity contribution is 5.63. The maximum absolute atomic E-state index is 2.47. The lowest BCUT2D eigenvalue weighted by atomic mass is 10.0. The van der Waals surface area contributed by atoms with E-state index in [4.69, 9.17) is 0 Å². The van der Waals surface area contributed by atoms with Gasteiger partial charge in [-0.25, -0.2) is 0 Å². The van der Waals surface area contributed by atoms with Crippen LogP contribution < -0.4 is 0 Å². The first-order chi connectivity index (χ1) is 16.8. The Labute approximate surface area is 212 Å². The molecule has 190 valence electrons. The molecule has 1 nitrogen and oxygen atoms in total. The predicted octanol–water partition coefficient (Wildman–Crippen LogP) is 10.4. The molecule has 0 aliphatic rings. The molecule has 1 heteroatoms. The molecule has 0 aliphatic carbocycles. The number of benzene rings is 2. The van der Waals surface area contributed by atoms with Crippen LogP contribution in [0.1, 0.15) is 122 Å². The van der Waals surface area contributed by atoms with Crippen molar-refractivity contribution >= 4 is 0 Å². The molecule has 0 heterocycles. The zero-order valence-electron chi connectivity index (χ0n) is 22.6. The van der Waals surface area contributed by atoms with Crippen molar-refractivity contribution in [2.45, 2.75) is 123 Å². The van der Waals surface area contributed by atoms with Crippen molar-refractivity contribution in [1.29, 1.82) is 0 Å². The molecule has 34 heavy (non-hydrogen) atoms. The van der Waals surface area contributed by atoms with Crippen LogP contribution in [-0.2, 0) is 6.54 Å². The summed E-state index contributed by atoms with van der Waals surface area (Å²) in [6, 6.07) is 19.7. The van der Waals surface area contributed by atoms with Gasteiger partial charge in [0.1, 0.15) is 0 Å². The van der Waals surface area contributed by atoms with Crippen LogP contribution in [0.2, 0.25) is 0 Å². The predicted molar refractivity (Wildman–Crippen MR) is 152 cm³/mol. The van der Waals surface area contributed by atoms with Crippen LogP contribution in [-0.4, -0.2) is 18.5 Å². The lowest BCUT2D eigenvalue weighted by Crippen LogP contribution is -2.19. The monoisotopic (exact) mass is 463 g/mol. The fraction of sp³-hybridized carbons (Fsp3) is 0.636. The standard InChI is InChI=1S/C33H53N/c1-3-4-5-6-7-8-9-10-11-12-13-14-15-16-17-18-22-29-34(2)30-31-25-27-33(28-26-31)32-23-20-19-21-24-32/h19-21,23-28H,3-18,22,29-30H2,1-2H3. The van der Waals surface area contributed by atoms with E-state index in [-0.39, 0.29) is 0 Å². The van der Waals surface area contributed by atoms with E-state index in [9.17, 15) is 0 Å². The van der Waals surface area contributed by atoms with Crippen LogP contribution in [0.5, 0.6) is 0 Å². The lowest BCUT2D eigenvalue weighted by molar-refractivity contribution is 0.316. The number of rotatable bonds is 21. The second-order valence-corrected chi connectivity index (χ2v) is 10.5. The fourth-order valence-corrected chi connectivity index (χ4v) is 4.93. The van der Waals surface area contributed by atoms with Gasteiger partial charge < -0.3 is 4.90 Å². The van der Waals surface area contributed by atoms with Gasteiger partial charge in [0, 0.05) is 6.54 Å². The molecule has 0 spiro atoms. The highest BCUT2D eigenvalue weighted by Gasteiger charge is 2.02. The molecule has 0 aliphatic heterocycles. The van der Waals surface area contributed by atoms with Crippen LogP contribution >= 0.6 is 0 Å². The molecular formula is C33H53N. The number of unbranched alkanes of at least 4 members (excludes halogenated alkanes) is 16. The summed E-state index contributed by atoms with van der Waals surface area (Å²) in [5.41, 5.74) is 4.01. The first-order valence-electron chi connectivity index (χ1n) is 14.6. The first kappa shape index (κ1) is 28.6. The Hall–Kier alpha value is -1.60. The van der Waals surface area contributed by atoms with E-state index < -0.39 is 0 Å². The molecule has 0 aromatic heterocycles. The molecule has 0 amide bonds. The van der Waals surface area contributed by atoms with Gasteiger partial charge >= 0.3 is 0 Å². The summed E-state index contributed by atoms with van der Waals surface area (Å²) in [4.78, 5) is 2.47. The molecule has 2 aromatic carbocycles. The third-order valence-corrected chi connectivity index (χ3v) is 7.16. The fourth-order valence-electron chi connectivity index (χ4n) is 4.93. The third-order valence-electron chi connectivity index (χ3n) is 7.16. The topological polar surface area (TPSA) is 3.24 Å². The maximum Gasteiger partial charge on any atom is 0.0230 e. The molecule has 2 aromatic rings. The van der Waals surface area contributed by atoms with Gasteiger partial charge in [0.2, 0.25) is 0 Å². The van der Waals surface area contributed by atoms with Crippen LogP contribution in [0.15, 0.2) is 54.6 Å². The smallest absolute Gasteiger partial charge is 0.0230 e. The Balaban J connectivity index is 1.36. The van der Waals surface area contributed by atoms with Crippen LogP contribution in [0.4, 0.5) is 0 Å². The van der Waals surface area contributed by atoms with Gasteiger partial charge in [0.25, 0.3) is 0 Å². The average molecular weight is 464 g/mol. The summed E-state index contributed by atoms with van der Waals surface area (Å²) in [6.45, 7) is 4.56. The van der Waals surface area contributed by atoms with Crippen LogP contribution in [0.3, 0.4) is 0 Å². The molecule has 0 fully saturated rings. The van der Waals surface area contributed by atoms with Crippen LogP contribution in [0.25, 0.3) is 11.1 Å². The van der Waals surface area contributed by atoms with Crippen molar-refractivity contribution in [2.75, 3.05) is 13.6 Å². The first-order valence-corrected chi connectivity index (χ1v) is 14.6. The quantitative estimate of drug-likeness (QED) is 0.166. The summed E-state index contributed by atoms with van der Waals surface area (Å²) in [5.74, 6) is 0. The Morgan fingerprint density at radius 2 is 0.882 bits per heavy atom. The molecule has 0 radical (unpaired) electrons. The van der Waals surface area contributed by atoms with E-state index in [1.807, 2.05) is 0 Å². The number of hydrogen-bond donors (Lipinski definition) is 0. The van der Waals surface area contributed by atoms with E-state index in [0.29, 0.717) is 0 Å². The summed E-state index contributed by atoms with van der Waals surface area (Å²) >= 11 is 0. The number of nitrogens with zero attached hydrogens (tertiary/aromatic N) is 1. The van der Waals surface area contributed by atoms with Gasteiger partial charge in [-0.15, -0.1) is 0 Å². The Bertz CT molecular complexity index is 690. The zero-order valence-corrected chi connectivity index (χ0v) is 22.6. The Kier molecular flexibility index (Phi) is 16.6. The van der Waals surface area contributed by atoms with Crippen molar-refractivity contribution < 1.29 is 0 Å². The van der Waals surface area contributed by atoms with E-state index in [1.54, 1.807) is 0 Å². The maximum atomic E-state index is 2.47. The van der Waals surface area contributed by atoms with E-state index in [2.05, 4.69) is 73.5 Å². The van der Waals surface area contributed by atoms with Crippen LogP contribution in [0, 0.1) is 0 Å². The molecular weight excluding hydrogens is 410 g/mol. The van der Waals surface area contributed by atoms with Crippen molar-refractivity contribution in [2.24, 2.45) is 0 Å². The third kappa shape index (κ3) is 14.0. The highest BCUT2D eigenvalue weighted by Crippen LogP contribution is 2.20. The van der Waals surface area contributed by atoms with E-state index in [0.717, 1.165) is 6.54 Å². The van der Waals surface area contributed by atoms with Crippen molar-refractivity contribution in [3.05, 3.63) is 60.2 Å². The summed E-state index contributed by atoms with van der Waals surface area (Å²) in [6.07, 6.45) is 24.5. The normalized spacial score (nSPS) is 11.4. The van der Waals surface area contributed by atoms with Gasteiger partial charge in [0.05, 0.1) is 0 Å². The van der Waals surface area contributed by atoms with Gasteiger partial charge in [-0.3, -0.25) is 0 Å². The molecule has 0 unspecified atom stereocenters. The molecule has 0 saturated heterocycles. The largest absolute Gasteiger partial charge is 0.302 e. The number of hydrogen-bond acceptors (Lipinski definition) is 1. The van der Waals surface area contributed by atoms with Gasteiger partial charge in [0.15, 0.2) is 0 Å². The Morgan fingerprint density at radius 1 is 0.471 bits per heavy atom. The molecule has 0 N–H and O–H groups in total. The minimum Gasteiger partial charge on any atom is -0.302 e. The molecule has 0 bridgehead atoms. The molecule has 0 saturated carbocycles. The highest BCUT2D eigenvalue weighted by atomic mass is 15.1. The summed E-state index contributed by atoms with van der Waals surface area (Å²) in [5, 5.41) is 0. The van der Waals surface area contributed by atoms with Gasteiger partial charge in [-0.1, -0.05) is 164 Å². The second-order valence-electron chi connectivity index (χ2n) is 10.5. The van der Waals surface area contributed by atoms with Crippen molar-refractivity contribution in [3.8, 4) is 11.1 Å². The van der Waals surface area contributed by atoms with Crippen molar-refractivity contribution in [1.82, 2.24) is 4.90 Å². The minimum atomic E-state index is 1.05. The minimum absolute atomic E-state index is 1.05. The Morgan fingerprint density at radius 3 is 1.35 bits per heavy atom. The van der Waals surface area contributed by atoms with Crippen molar-refractivity contribution in [3.63, 3.8) is 0 Å². The summed E-state index contributed by atoms with van der Waals surface area (Å²) < 4.78 is 0. The SMILES string of the molecule is CCCCCCCCCCCCCCCCCCCN(C)Cc1ccc(-c2ccccc2)cc1. The lowest BCUT2D eigenvalue weighted by Gasteiger charge is -2.17. The zero-order chi connectivity index (χ0) is 24.1. The summed E-state index contributed by atoms with van der Waals surface area (Å²) in [7, 11) is 2.26. The van der Waals surface area contributed by atoms with Gasteiger partial charge in [-0.2, -0.15) is 0 Å².